The number of urea groups is 1. The fourth-order valence-corrected chi connectivity index (χ4v) is 3.85. The van der Waals surface area contributed by atoms with Crippen molar-refractivity contribution in [2.75, 3.05) is 5.32 Å². The minimum absolute atomic E-state index is 0.139. The summed E-state index contributed by atoms with van der Waals surface area (Å²) in [6, 6.07) is 14.7. The molecular weight excluding hydrogens is 398 g/mol. The van der Waals surface area contributed by atoms with Crippen molar-refractivity contribution >= 4 is 28.0 Å². The van der Waals surface area contributed by atoms with E-state index in [9.17, 15) is 9.59 Å². The predicted octanol–water partition coefficient (Wildman–Crippen LogP) is 4.06. The summed E-state index contributed by atoms with van der Waals surface area (Å²) in [6.45, 7) is 6.16. The molecule has 152 valence electrons. The van der Waals surface area contributed by atoms with Crippen LogP contribution < -0.4 is 16.2 Å². The third-order valence-electron chi connectivity index (χ3n) is 4.79. The van der Waals surface area contributed by atoms with E-state index >= 15 is 0 Å². The van der Waals surface area contributed by atoms with Crippen LogP contribution in [0.15, 0.2) is 53.3 Å². The molecular formula is C22H21N5O2S. The molecule has 2 heterocycles. The van der Waals surface area contributed by atoms with Crippen LogP contribution in [0.4, 0.5) is 10.5 Å². The van der Waals surface area contributed by atoms with Crippen LogP contribution in [0.3, 0.4) is 0 Å². The molecule has 4 aromatic rings. The largest absolute Gasteiger partial charge is 0.332 e. The quantitative estimate of drug-likeness (QED) is 0.522. The van der Waals surface area contributed by atoms with Crippen molar-refractivity contribution in [3.8, 4) is 10.6 Å². The van der Waals surface area contributed by atoms with E-state index in [1.165, 1.54) is 21.9 Å². The third-order valence-corrected chi connectivity index (χ3v) is 5.75. The maximum Gasteiger partial charge on any atom is 0.319 e. The van der Waals surface area contributed by atoms with Crippen LogP contribution in [0.2, 0.25) is 0 Å². The summed E-state index contributed by atoms with van der Waals surface area (Å²) >= 11 is 1.34. The van der Waals surface area contributed by atoms with Crippen molar-refractivity contribution in [3.63, 3.8) is 0 Å². The number of rotatable bonds is 4. The van der Waals surface area contributed by atoms with Gasteiger partial charge < -0.3 is 10.6 Å². The minimum atomic E-state index is -0.357. The fraction of sp³-hybridized carbons (Fsp3) is 0.182. The highest BCUT2D eigenvalue weighted by molar-refractivity contribution is 7.19. The highest BCUT2D eigenvalue weighted by Crippen LogP contribution is 2.24. The topological polar surface area (TPSA) is 88.4 Å². The molecule has 0 unspecified atom stereocenters. The van der Waals surface area contributed by atoms with Crippen LogP contribution in [0, 0.1) is 20.8 Å². The molecule has 0 saturated carbocycles. The van der Waals surface area contributed by atoms with Crippen LogP contribution in [0.5, 0.6) is 0 Å². The molecule has 2 amide bonds. The highest BCUT2D eigenvalue weighted by atomic mass is 32.1. The van der Waals surface area contributed by atoms with Gasteiger partial charge in [0.25, 0.3) is 5.56 Å². The Kier molecular flexibility index (Phi) is 5.33. The highest BCUT2D eigenvalue weighted by Gasteiger charge is 2.11. The second-order valence-electron chi connectivity index (χ2n) is 7.16. The first-order chi connectivity index (χ1) is 14.4. The Morgan fingerprint density at radius 1 is 1.03 bits per heavy atom. The molecule has 0 aliphatic heterocycles. The average Bonchev–Trinajstić information content (AvgIpc) is 3.14. The minimum Gasteiger partial charge on any atom is -0.332 e. The first-order valence-corrected chi connectivity index (χ1v) is 10.3. The number of carbonyl (C=O) groups is 1. The smallest absolute Gasteiger partial charge is 0.319 e. The Morgan fingerprint density at radius 3 is 2.53 bits per heavy atom. The zero-order chi connectivity index (χ0) is 21.3. The van der Waals surface area contributed by atoms with Gasteiger partial charge in [0.15, 0.2) is 0 Å². The average molecular weight is 420 g/mol. The summed E-state index contributed by atoms with van der Waals surface area (Å²) in [5.74, 6) is 0. The molecule has 0 aliphatic carbocycles. The summed E-state index contributed by atoms with van der Waals surface area (Å²) in [5.41, 5.74) is 5.26. The van der Waals surface area contributed by atoms with Gasteiger partial charge in [-0.15, -0.1) is 0 Å². The van der Waals surface area contributed by atoms with Crippen molar-refractivity contribution in [3.05, 3.63) is 81.3 Å². The van der Waals surface area contributed by atoms with Crippen LogP contribution in [-0.4, -0.2) is 20.6 Å². The van der Waals surface area contributed by atoms with Crippen molar-refractivity contribution in [2.24, 2.45) is 0 Å². The summed E-state index contributed by atoms with van der Waals surface area (Å²) in [5, 5.41) is 10.6. The molecule has 4 rings (SSSR count). The monoisotopic (exact) mass is 419 g/mol. The fourth-order valence-electron chi connectivity index (χ4n) is 2.92. The zero-order valence-electron chi connectivity index (χ0n) is 16.9. The molecule has 30 heavy (non-hydrogen) atoms. The molecule has 0 spiro atoms. The van der Waals surface area contributed by atoms with E-state index in [1.54, 1.807) is 0 Å². The predicted molar refractivity (Wildman–Crippen MR) is 119 cm³/mol. The summed E-state index contributed by atoms with van der Waals surface area (Å²) in [4.78, 5) is 29.6. The molecule has 7 nitrogen and oxygen atoms in total. The molecule has 0 fully saturated rings. The van der Waals surface area contributed by atoms with Gasteiger partial charge in [-0.05, 0) is 44.0 Å². The Bertz CT molecular complexity index is 1290. The maximum atomic E-state index is 12.4. The van der Waals surface area contributed by atoms with E-state index in [2.05, 4.69) is 20.7 Å². The van der Waals surface area contributed by atoms with Gasteiger partial charge in [-0.2, -0.15) is 9.61 Å². The van der Waals surface area contributed by atoms with Crippen molar-refractivity contribution < 1.29 is 4.79 Å². The lowest BCUT2D eigenvalue weighted by molar-refractivity contribution is 0.251. The number of fused-ring (bicyclic) bond motifs is 1. The van der Waals surface area contributed by atoms with Gasteiger partial charge >= 0.3 is 6.03 Å². The normalized spacial score (nSPS) is 10.9. The maximum absolute atomic E-state index is 12.4. The molecule has 0 atom stereocenters. The lowest BCUT2D eigenvalue weighted by atomic mass is 10.1. The molecule has 0 radical (unpaired) electrons. The Balaban J connectivity index is 1.49. The number of aromatic nitrogens is 3. The first-order valence-electron chi connectivity index (χ1n) is 9.48. The molecule has 8 heteroatoms. The number of carbonyl (C=O) groups excluding carboxylic acids is 1. The summed E-state index contributed by atoms with van der Waals surface area (Å²) < 4.78 is 1.29. The number of anilines is 1. The molecule has 2 aromatic carbocycles. The number of benzene rings is 2. The number of nitrogens with one attached hydrogen (secondary N) is 2. The van der Waals surface area contributed by atoms with E-state index in [0.717, 1.165) is 27.3 Å². The molecule has 0 bridgehead atoms. The van der Waals surface area contributed by atoms with Gasteiger partial charge in [-0.1, -0.05) is 47.2 Å². The van der Waals surface area contributed by atoms with Crippen LogP contribution in [-0.2, 0) is 6.54 Å². The first kappa shape index (κ1) is 19.8. The molecule has 0 saturated heterocycles. The van der Waals surface area contributed by atoms with E-state index in [4.69, 9.17) is 0 Å². The SMILES string of the molecule is Cc1ccc(-c2nn3c(=O)cc(CNC(=O)Nc4ccc(C)c(C)c4)nc3s2)cc1. The lowest BCUT2D eigenvalue weighted by Crippen LogP contribution is -2.29. The van der Waals surface area contributed by atoms with Crippen molar-refractivity contribution in [1.82, 2.24) is 19.9 Å². The Hall–Kier alpha value is -3.52. The summed E-state index contributed by atoms with van der Waals surface area (Å²) in [6.07, 6.45) is 0. The molecule has 0 aliphatic rings. The lowest BCUT2D eigenvalue weighted by Gasteiger charge is -2.09. The Morgan fingerprint density at radius 2 is 1.80 bits per heavy atom. The van der Waals surface area contributed by atoms with Crippen LogP contribution in [0.25, 0.3) is 15.5 Å². The molecule has 2 N–H and O–H groups in total. The van der Waals surface area contributed by atoms with E-state index in [-0.39, 0.29) is 18.1 Å². The Labute approximate surface area is 177 Å². The number of hydrogen-bond donors (Lipinski definition) is 2. The van der Waals surface area contributed by atoms with Gasteiger partial charge in [0.2, 0.25) is 4.96 Å². The standard InChI is InChI=1S/C22H21N5O2S/c1-13-4-7-16(8-5-13)20-26-27-19(28)11-18(25-22(27)30-20)12-23-21(29)24-17-9-6-14(2)15(3)10-17/h4-11H,12H2,1-3H3,(H2,23,24,29). The van der Waals surface area contributed by atoms with Gasteiger partial charge in [0, 0.05) is 17.3 Å². The van der Waals surface area contributed by atoms with E-state index < -0.39 is 0 Å². The zero-order valence-corrected chi connectivity index (χ0v) is 17.7. The van der Waals surface area contributed by atoms with E-state index in [1.807, 2.05) is 63.2 Å². The van der Waals surface area contributed by atoms with Gasteiger partial charge in [-0.25, -0.2) is 9.78 Å². The van der Waals surface area contributed by atoms with Crippen LogP contribution in [0.1, 0.15) is 22.4 Å². The molecule has 2 aromatic heterocycles. The van der Waals surface area contributed by atoms with Crippen molar-refractivity contribution in [2.45, 2.75) is 27.3 Å². The number of hydrogen-bond acceptors (Lipinski definition) is 5. The number of aryl methyl sites for hydroxylation is 3. The van der Waals surface area contributed by atoms with Gasteiger partial charge in [0.05, 0.1) is 12.2 Å². The summed E-state index contributed by atoms with van der Waals surface area (Å²) in [7, 11) is 0. The van der Waals surface area contributed by atoms with Gasteiger partial charge in [0.1, 0.15) is 5.01 Å². The van der Waals surface area contributed by atoms with E-state index in [0.29, 0.717) is 16.3 Å². The second-order valence-corrected chi connectivity index (χ2v) is 8.12. The third kappa shape index (κ3) is 4.23. The van der Waals surface area contributed by atoms with Crippen LogP contribution >= 0.6 is 11.3 Å². The second kappa shape index (κ2) is 8.08. The number of amides is 2. The number of nitrogens with zero attached hydrogens (tertiary/aromatic N) is 3. The van der Waals surface area contributed by atoms with Crippen molar-refractivity contribution in [1.29, 1.82) is 0 Å². The van der Waals surface area contributed by atoms with Gasteiger partial charge in [-0.3, -0.25) is 4.79 Å².